The smallest absolute Gasteiger partial charge is 0.311 e. The second-order valence-electron chi connectivity index (χ2n) is 4.04. The van der Waals surface area contributed by atoms with E-state index in [2.05, 4.69) is 0 Å². The first-order valence-corrected chi connectivity index (χ1v) is 6.49. The number of rotatable bonds is 7. The fourth-order valence-electron chi connectivity index (χ4n) is 2.01. The van der Waals surface area contributed by atoms with Crippen molar-refractivity contribution in [1.29, 1.82) is 0 Å². The Morgan fingerprint density at radius 2 is 2.29 bits per heavy atom. The number of carboxylic acid groups (broad SMARTS) is 1. The molecule has 1 aliphatic rings. The first-order chi connectivity index (χ1) is 6.67. The van der Waals surface area contributed by atoms with Crippen LogP contribution in [0.2, 0.25) is 0 Å². The molecule has 1 aliphatic carbocycles. The Labute approximate surface area is 89.4 Å². The minimum atomic E-state index is -0.691. The summed E-state index contributed by atoms with van der Waals surface area (Å²) in [6.07, 6.45) is 5.83. The summed E-state index contributed by atoms with van der Waals surface area (Å²) in [7, 11) is 0. The van der Waals surface area contributed by atoms with Gasteiger partial charge < -0.3 is 10.8 Å². The van der Waals surface area contributed by atoms with E-state index in [0.29, 0.717) is 12.5 Å². The Kier molecular flexibility index (Phi) is 4.26. The van der Waals surface area contributed by atoms with Gasteiger partial charge in [0.15, 0.2) is 0 Å². The first kappa shape index (κ1) is 11.9. The van der Waals surface area contributed by atoms with Crippen LogP contribution >= 0.6 is 11.8 Å². The van der Waals surface area contributed by atoms with E-state index in [9.17, 15) is 9.90 Å². The zero-order valence-corrected chi connectivity index (χ0v) is 9.48. The maximum atomic E-state index is 11.2. The zero-order chi connectivity index (χ0) is 10.6. The van der Waals surface area contributed by atoms with E-state index in [0.717, 1.165) is 31.4 Å². The number of thioether (sulfide) groups is 1. The van der Waals surface area contributed by atoms with Gasteiger partial charge in [0.05, 0.1) is 5.41 Å². The molecule has 0 radical (unpaired) electrons. The summed E-state index contributed by atoms with van der Waals surface area (Å²) in [6, 6.07) is 0. The second-order valence-corrected chi connectivity index (χ2v) is 5.02. The molecule has 0 amide bonds. The highest BCUT2D eigenvalue weighted by Crippen LogP contribution is 2.48. The monoisotopic (exact) mass is 217 g/mol. The van der Waals surface area contributed by atoms with E-state index in [1.165, 1.54) is 0 Å². The molecule has 1 fully saturated rings. The fourth-order valence-corrected chi connectivity index (χ4v) is 2.44. The van der Waals surface area contributed by atoms with Crippen LogP contribution in [-0.4, -0.2) is 29.6 Å². The van der Waals surface area contributed by atoms with Gasteiger partial charge in [0.25, 0.3) is 0 Å². The third-order valence-corrected chi connectivity index (χ3v) is 3.82. The Morgan fingerprint density at radius 1 is 1.64 bits per heavy atom. The molecule has 82 valence electrons. The third-order valence-electron chi connectivity index (χ3n) is 3.12. The van der Waals surface area contributed by atoms with E-state index >= 15 is 0 Å². The highest BCUT2D eigenvalue weighted by molar-refractivity contribution is 7.98. The minimum Gasteiger partial charge on any atom is -0.481 e. The molecule has 1 rings (SSSR count). The molecule has 3 nitrogen and oxygen atoms in total. The van der Waals surface area contributed by atoms with E-state index < -0.39 is 11.4 Å². The molecule has 1 atom stereocenters. The fraction of sp³-hybridized carbons (Fsp3) is 0.900. The molecular formula is C10H19NO2S. The number of hydrogen-bond acceptors (Lipinski definition) is 3. The number of aliphatic carboxylic acids is 1. The average molecular weight is 217 g/mol. The van der Waals surface area contributed by atoms with Crippen LogP contribution in [0, 0.1) is 11.3 Å². The van der Waals surface area contributed by atoms with Gasteiger partial charge in [0, 0.05) is 6.54 Å². The van der Waals surface area contributed by atoms with Gasteiger partial charge in [-0.1, -0.05) is 0 Å². The lowest BCUT2D eigenvalue weighted by Crippen LogP contribution is -2.40. The van der Waals surface area contributed by atoms with Gasteiger partial charge in [0.1, 0.15) is 0 Å². The molecule has 0 aromatic heterocycles. The Hall–Kier alpha value is -0.220. The summed E-state index contributed by atoms with van der Waals surface area (Å²) in [5, 5.41) is 9.25. The summed E-state index contributed by atoms with van der Waals surface area (Å²) < 4.78 is 0. The molecule has 4 heteroatoms. The maximum absolute atomic E-state index is 11.2. The largest absolute Gasteiger partial charge is 0.481 e. The Morgan fingerprint density at radius 3 is 2.64 bits per heavy atom. The van der Waals surface area contributed by atoms with E-state index in [4.69, 9.17) is 5.73 Å². The highest BCUT2D eigenvalue weighted by atomic mass is 32.2. The molecule has 1 unspecified atom stereocenters. The van der Waals surface area contributed by atoms with Crippen molar-refractivity contribution >= 4 is 17.7 Å². The molecule has 0 bridgehead atoms. The van der Waals surface area contributed by atoms with Crippen molar-refractivity contribution in [2.75, 3.05) is 18.6 Å². The lowest BCUT2D eigenvalue weighted by Gasteiger charge is -2.27. The first-order valence-electron chi connectivity index (χ1n) is 5.10. The average Bonchev–Trinajstić information content (AvgIpc) is 2.96. The Bertz CT molecular complexity index is 206. The van der Waals surface area contributed by atoms with Gasteiger partial charge in [-0.05, 0) is 43.6 Å². The summed E-state index contributed by atoms with van der Waals surface area (Å²) in [6.45, 7) is 0.293. The molecule has 0 spiro atoms. The normalized spacial score (nSPS) is 20.4. The van der Waals surface area contributed by atoms with Crippen molar-refractivity contribution in [2.24, 2.45) is 17.1 Å². The van der Waals surface area contributed by atoms with Crippen molar-refractivity contribution in [2.45, 2.75) is 25.7 Å². The minimum absolute atomic E-state index is 0.293. The zero-order valence-electron chi connectivity index (χ0n) is 8.66. The molecule has 0 aliphatic heterocycles. The molecule has 0 aromatic rings. The summed E-state index contributed by atoms with van der Waals surface area (Å²) >= 11 is 1.76. The topological polar surface area (TPSA) is 63.3 Å². The predicted molar refractivity (Wildman–Crippen MR) is 59.5 cm³/mol. The highest BCUT2D eigenvalue weighted by Gasteiger charge is 2.49. The lowest BCUT2D eigenvalue weighted by atomic mass is 9.78. The SMILES string of the molecule is CSCCCC(CN)(C(=O)O)C1CC1. The number of carbonyl (C=O) groups is 1. The lowest BCUT2D eigenvalue weighted by molar-refractivity contribution is -0.150. The van der Waals surface area contributed by atoms with Gasteiger partial charge in [-0.15, -0.1) is 0 Å². The van der Waals surface area contributed by atoms with Crippen LogP contribution in [0.25, 0.3) is 0 Å². The van der Waals surface area contributed by atoms with Crippen LogP contribution in [0.15, 0.2) is 0 Å². The molecule has 0 aromatic carbocycles. The van der Waals surface area contributed by atoms with Crippen LogP contribution in [0.1, 0.15) is 25.7 Å². The van der Waals surface area contributed by atoms with Gasteiger partial charge in [0.2, 0.25) is 0 Å². The molecular weight excluding hydrogens is 198 g/mol. The summed E-state index contributed by atoms with van der Waals surface area (Å²) in [5.41, 5.74) is 5.03. The summed E-state index contributed by atoms with van der Waals surface area (Å²) in [4.78, 5) is 11.2. The van der Waals surface area contributed by atoms with E-state index in [-0.39, 0.29) is 0 Å². The molecule has 0 saturated heterocycles. The molecule has 1 saturated carbocycles. The quantitative estimate of drug-likeness (QED) is 0.635. The van der Waals surface area contributed by atoms with E-state index in [1.54, 1.807) is 11.8 Å². The van der Waals surface area contributed by atoms with Crippen LogP contribution < -0.4 is 5.73 Å². The van der Waals surface area contributed by atoms with Crippen LogP contribution in [0.3, 0.4) is 0 Å². The second kappa shape index (κ2) is 5.03. The van der Waals surface area contributed by atoms with Gasteiger partial charge in [-0.2, -0.15) is 11.8 Å². The van der Waals surface area contributed by atoms with Gasteiger partial charge >= 0.3 is 5.97 Å². The van der Waals surface area contributed by atoms with Crippen LogP contribution in [-0.2, 0) is 4.79 Å². The van der Waals surface area contributed by atoms with Crippen molar-refractivity contribution < 1.29 is 9.90 Å². The van der Waals surface area contributed by atoms with Crippen LogP contribution in [0.4, 0.5) is 0 Å². The van der Waals surface area contributed by atoms with Crippen molar-refractivity contribution in [3.8, 4) is 0 Å². The third kappa shape index (κ3) is 2.42. The van der Waals surface area contributed by atoms with Gasteiger partial charge in [-0.3, -0.25) is 4.79 Å². The standard InChI is InChI=1S/C10H19NO2S/c1-14-6-2-5-10(7-11,9(12)13)8-3-4-8/h8H,2-7,11H2,1H3,(H,12,13). The molecule has 3 N–H and O–H groups in total. The van der Waals surface area contributed by atoms with Crippen molar-refractivity contribution in [3.63, 3.8) is 0 Å². The number of nitrogens with two attached hydrogens (primary N) is 1. The summed E-state index contributed by atoms with van der Waals surface area (Å²) in [5.74, 6) is 0.678. The van der Waals surface area contributed by atoms with Crippen molar-refractivity contribution in [3.05, 3.63) is 0 Å². The maximum Gasteiger partial charge on any atom is 0.311 e. The molecule has 14 heavy (non-hydrogen) atoms. The predicted octanol–water partition coefficient (Wildman–Crippen LogP) is 1.57. The van der Waals surface area contributed by atoms with E-state index in [1.807, 2.05) is 6.26 Å². The van der Waals surface area contributed by atoms with Gasteiger partial charge in [-0.25, -0.2) is 0 Å². The number of carboxylic acids is 1. The molecule has 0 heterocycles. The van der Waals surface area contributed by atoms with Crippen LogP contribution in [0.5, 0.6) is 0 Å². The Balaban J connectivity index is 2.54. The number of hydrogen-bond donors (Lipinski definition) is 2. The van der Waals surface area contributed by atoms with Crippen molar-refractivity contribution in [1.82, 2.24) is 0 Å².